The Labute approximate surface area is 165 Å². The molecule has 0 fully saturated rings. The summed E-state index contributed by atoms with van der Waals surface area (Å²) < 4.78 is 0. The molecule has 140 valence electrons. The molecule has 1 aliphatic heterocycles. The lowest BCUT2D eigenvalue weighted by Gasteiger charge is -2.21. The summed E-state index contributed by atoms with van der Waals surface area (Å²) in [5.41, 5.74) is 2.14. The maximum atomic E-state index is 12.7. The van der Waals surface area contributed by atoms with Gasteiger partial charge in [0.25, 0.3) is 11.8 Å². The molecule has 1 aromatic carbocycles. The average molecular weight is 392 g/mol. The van der Waals surface area contributed by atoms with Gasteiger partial charge in [0.15, 0.2) is 5.13 Å². The number of imide groups is 1. The van der Waals surface area contributed by atoms with Crippen molar-refractivity contribution in [2.45, 2.75) is 19.9 Å². The first-order valence-electron chi connectivity index (χ1n) is 8.64. The number of aryl methyl sites for hydroxylation is 1. The van der Waals surface area contributed by atoms with Crippen molar-refractivity contribution < 1.29 is 14.4 Å². The smallest absolute Gasteiger partial charge is 0.262 e. The molecule has 28 heavy (non-hydrogen) atoms. The highest BCUT2D eigenvalue weighted by atomic mass is 32.1. The molecule has 3 heterocycles. The minimum absolute atomic E-state index is 0.315. The van der Waals surface area contributed by atoms with Crippen molar-refractivity contribution in [3.63, 3.8) is 0 Å². The molecule has 1 unspecified atom stereocenters. The molecule has 0 bridgehead atoms. The van der Waals surface area contributed by atoms with E-state index in [4.69, 9.17) is 0 Å². The zero-order chi connectivity index (χ0) is 19.8. The normalized spacial score (nSPS) is 14.1. The third-order valence-electron chi connectivity index (χ3n) is 4.52. The number of benzene rings is 1. The molecule has 7 nitrogen and oxygen atoms in total. The molecule has 1 aliphatic rings. The molecule has 0 saturated carbocycles. The maximum Gasteiger partial charge on any atom is 0.262 e. The van der Waals surface area contributed by atoms with Crippen LogP contribution in [0.1, 0.15) is 33.3 Å². The van der Waals surface area contributed by atoms with Crippen LogP contribution in [0.3, 0.4) is 0 Å². The number of nitrogens with one attached hydrogen (secondary N) is 1. The monoisotopic (exact) mass is 392 g/mol. The van der Waals surface area contributed by atoms with Crippen molar-refractivity contribution in [2.24, 2.45) is 0 Å². The Balaban J connectivity index is 1.54. The summed E-state index contributed by atoms with van der Waals surface area (Å²) in [5, 5.41) is 3.11. The van der Waals surface area contributed by atoms with Crippen LogP contribution in [0.15, 0.2) is 48.7 Å². The Hall–Kier alpha value is -3.39. The Morgan fingerprint density at radius 3 is 2.32 bits per heavy atom. The first kappa shape index (κ1) is 18.0. The summed E-state index contributed by atoms with van der Waals surface area (Å²) in [6.07, 6.45) is 1.69. The zero-order valence-electron chi connectivity index (χ0n) is 15.2. The molecule has 0 spiro atoms. The molecule has 3 amide bonds. The van der Waals surface area contributed by atoms with Gasteiger partial charge in [-0.2, -0.15) is 0 Å². The van der Waals surface area contributed by atoms with Crippen LogP contribution in [-0.2, 0) is 4.79 Å². The van der Waals surface area contributed by atoms with Gasteiger partial charge >= 0.3 is 0 Å². The number of nitrogens with zero attached hydrogens (tertiary/aromatic N) is 3. The van der Waals surface area contributed by atoms with Crippen LogP contribution in [-0.4, -0.2) is 38.6 Å². The van der Waals surface area contributed by atoms with Crippen LogP contribution < -0.4 is 5.32 Å². The van der Waals surface area contributed by atoms with Gasteiger partial charge in [0.1, 0.15) is 6.04 Å². The average Bonchev–Trinajstić information content (AvgIpc) is 3.19. The molecule has 1 atom stereocenters. The number of amides is 3. The molecular formula is C20H16N4O3S. The second-order valence-corrected chi connectivity index (χ2v) is 7.34. The number of fused-ring (bicyclic) bond motifs is 1. The number of rotatable bonds is 4. The van der Waals surface area contributed by atoms with Gasteiger partial charge in [-0.15, -0.1) is 0 Å². The molecule has 4 rings (SSSR count). The summed E-state index contributed by atoms with van der Waals surface area (Å²) in [6, 6.07) is 11.2. The molecule has 2 aromatic heterocycles. The van der Waals surface area contributed by atoms with E-state index in [1.165, 1.54) is 18.3 Å². The summed E-state index contributed by atoms with van der Waals surface area (Å²) in [4.78, 5) is 48.3. The van der Waals surface area contributed by atoms with E-state index in [-0.39, 0.29) is 0 Å². The van der Waals surface area contributed by atoms with Crippen molar-refractivity contribution >= 4 is 34.2 Å². The number of carbonyl (C=O) groups excluding carboxylic acids is 3. The van der Waals surface area contributed by atoms with Gasteiger partial charge in [-0.05, 0) is 38.1 Å². The Morgan fingerprint density at radius 2 is 1.71 bits per heavy atom. The molecule has 3 aromatic rings. The van der Waals surface area contributed by atoms with E-state index in [0.29, 0.717) is 16.3 Å². The third kappa shape index (κ3) is 2.97. The number of aromatic nitrogens is 2. The van der Waals surface area contributed by atoms with Gasteiger partial charge in [-0.25, -0.2) is 4.98 Å². The van der Waals surface area contributed by atoms with E-state index in [0.717, 1.165) is 21.2 Å². The minimum atomic E-state index is -0.963. The predicted octanol–water partition coefficient (Wildman–Crippen LogP) is 3.14. The van der Waals surface area contributed by atoms with E-state index in [9.17, 15) is 14.4 Å². The highest BCUT2D eigenvalue weighted by Gasteiger charge is 2.40. The second-order valence-electron chi connectivity index (χ2n) is 6.34. The molecule has 0 aliphatic carbocycles. The summed E-state index contributed by atoms with van der Waals surface area (Å²) in [7, 11) is 0. The molecule has 0 radical (unpaired) electrons. The van der Waals surface area contributed by atoms with E-state index in [1.54, 1.807) is 30.5 Å². The van der Waals surface area contributed by atoms with Gasteiger partial charge in [0.05, 0.1) is 27.4 Å². The number of hydrogen-bond donors (Lipinski definition) is 1. The third-order valence-corrected chi connectivity index (χ3v) is 5.61. The van der Waals surface area contributed by atoms with Crippen LogP contribution in [0.2, 0.25) is 0 Å². The van der Waals surface area contributed by atoms with Gasteiger partial charge in [0.2, 0.25) is 5.91 Å². The van der Waals surface area contributed by atoms with E-state index in [1.807, 2.05) is 25.1 Å². The maximum absolute atomic E-state index is 12.7. The lowest BCUT2D eigenvalue weighted by molar-refractivity contribution is -0.119. The van der Waals surface area contributed by atoms with Gasteiger partial charge in [-0.1, -0.05) is 29.5 Å². The van der Waals surface area contributed by atoms with Crippen LogP contribution in [0.25, 0.3) is 10.6 Å². The number of thiazole rings is 1. The topological polar surface area (TPSA) is 92.3 Å². The summed E-state index contributed by atoms with van der Waals surface area (Å²) in [6.45, 7) is 3.36. The second kappa shape index (κ2) is 6.97. The van der Waals surface area contributed by atoms with Crippen molar-refractivity contribution in [2.75, 3.05) is 5.32 Å². The fourth-order valence-corrected chi connectivity index (χ4v) is 4.02. The predicted molar refractivity (Wildman–Crippen MR) is 105 cm³/mol. The number of anilines is 1. The van der Waals surface area contributed by atoms with Gasteiger partial charge < -0.3 is 5.32 Å². The molecular weight excluding hydrogens is 376 g/mol. The molecule has 1 N–H and O–H groups in total. The standard InChI is InChI=1S/C20H16N4O3S/c1-11-16(15-9-5-6-10-21-15)28-20(22-11)23-17(25)12(2)24-18(26)13-7-3-4-8-14(13)19(24)27/h3-10,12H,1-2H3,(H,22,23,25). The van der Waals surface area contributed by atoms with Crippen LogP contribution in [0, 0.1) is 6.92 Å². The Morgan fingerprint density at radius 1 is 1.07 bits per heavy atom. The fourth-order valence-electron chi connectivity index (χ4n) is 3.07. The van der Waals surface area contributed by atoms with E-state index < -0.39 is 23.8 Å². The highest BCUT2D eigenvalue weighted by molar-refractivity contribution is 7.19. The largest absolute Gasteiger partial charge is 0.300 e. The number of pyridine rings is 1. The van der Waals surface area contributed by atoms with Crippen LogP contribution >= 0.6 is 11.3 Å². The van der Waals surface area contributed by atoms with E-state index in [2.05, 4.69) is 15.3 Å². The summed E-state index contributed by atoms with van der Waals surface area (Å²) >= 11 is 1.30. The molecule has 0 saturated heterocycles. The van der Waals surface area contributed by atoms with Crippen molar-refractivity contribution in [1.29, 1.82) is 0 Å². The minimum Gasteiger partial charge on any atom is -0.300 e. The lowest BCUT2D eigenvalue weighted by atomic mass is 10.1. The van der Waals surface area contributed by atoms with Gasteiger partial charge in [-0.3, -0.25) is 24.3 Å². The SMILES string of the molecule is Cc1nc(NC(=O)C(C)N2C(=O)c3ccccc3C2=O)sc1-c1ccccn1. The lowest BCUT2D eigenvalue weighted by Crippen LogP contribution is -2.45. The van der Waals surface area contributed by atoms with Crippen molar-refractivity contribution in [3.05, 3.63) is 65.5 Å². The molecule has 8 heteroatoms. The van der Waals surface area contributed by atoms with Crippen LogP contribution in [0.5, 0.6) is 0 Å². The Kier molecular flexibility index (Phi) is 4.48. The van der Waals surface area contributed by atoms with E-state index >= 15 is 0 Å². The Bertz CT molecular complexity index is 1060. The first-order chi connectivity index (χ1) is 13.5. The highest BCUT2D eigenvalue weighted by Crippen LogP contribution is 2.32. The van der Waals surface area contributed by atoms with Crippen molar-refractivity contribution in [1.82, 2.24) is 14.9 Å². The fraction of sp³-hybridized carbons (Fsp3) is 0.150. The van der Waals surface area contributed by atoms with Crippen LogP contribution in [0.4, 0.5) is 5.13 Å². The summed E-state index contributed by atoms with van der Waals surface area (Å²) in [5.74, 6) is -1.41. The first-order valence-corrected chi connectivity index (χ1v) is 9.45. The zero-order valence-corrected chi connectivity index (χ0v) is 16.0. The van der Waals surface area contributed by atoms with Crippen molar-refractivity contribution in [3.8, 4) is 10.6 Å². The van der Waals surface area contributed by atoms with Gasteiger partial charge in [0, 0.05) is 6.20 Å². The number of carbonyl (C=O) groups is 3. The quantitative estimate of drug-likeness (QED) is 0.689. The number of hydrogen-bond acceptors (Lipinski definition) is 6.